The standard InChI is InChI=1S/C15H26O/c1-11(2)7-13(5)9-15(16)10-14(6)8-12(3)4/h9-12H,7-8H2,1-6H3. The Morgan fingerprint density at radius 2 is 1.19 bits per heavy atom. The third-order valence-electron chi connectivity index (χ3n) is 2.24. The number of hydrogen-bond donors (Lipinski definition) is 0. The maximum atomic E-state index is 11.7. The summed E-state index contributed by atoms with van der Waals surface area (Å²) in [5, 5.41) is 0. The molecule has 0 bridgehead atoms. The van der Waals surface area contributed by atoms with Gasteiger partial charge in [-0.2, -0.15) is 0 Å². The SMILES string of the molecule is CC(=CC(=O)C=C(C)CC(C)C)CC(C)C. The van der Waals surface area contributed by atoms with Gasteiger partial charge in [-0.1, -0.05) is 38.8 Å². The zero-order valence-corrected chi connectivity index (χ0v) is 11.6. The summed E-state index contributed by atoms with van der Waals surface area (Å²) < 4.78 is 0. The van der Waals surface area contributed by atoms with Crippen LogP contribution in [0, 0.1) is 11.8 Å². The van der Waals surface area contributed by atoms with E-state index in [-0.39, 0.29) is 5.78 Å². The summed E-state index contributed by atoms with van der Waals surface area (Å²) in [6, 6.07) is 0. The summed E-state index contributed by atoms with van der Waals surface area (Å²) in [7, 11) is 0. The molecule has 0 aliphatic rings. The third-order valence-corrected chi connectivity index (χ3v) is 2.24. The molecule has 0 amide bonds. The first-order valence-corrected chi connectivity index (χ1v) is 6.19. The van der Waals surface area contributed by atoms with Crippen LogP contribution in [0.25, 0.3) is 0 Å². The van der Waals surface area contributed by atoms with Crippen LogP contribution in [0.2, 0.25) is 0 Å². The van der Waals surface area contributed by atoms with Gasteiger partial charge in [0, 0.05) is 0 Å². The number of allylic oxidation sites excluding steroid dienone is 4. The van der Waals surface area contributed by atoms with Crippen molar-refractivity contribution in [2.75, 3.05) is 0 Å². The van der Waals surface area contributed by atoms with Crippen molar-refractivity contribution < 1.29 is 4.79 Å². The molecular formula is C15H26O. The average Bonchev–Trinajstić information content (AvgIpc) is 1.97. The van der Waals surface area contributed by atoms with Gasteiger partial charge in [0.2, 0.25) is 0 Å². The highest BCUT2D eigenvalue weighted by molar-refractivity contribution is 6.00. The highest BCUT2D eigenvalue weighted by Crippen LogP contribution is 2.12. The van der Waals surface area contributed by atoms with E-state index in [2.05, 4.69) is 27.7 Å². The average molecular weight is 222 g/mol. The Morgan fingerprint density at radius 1 is 0.875 bits per heavy atom. The van der Waals surface area contributed by atoms with Crippen molar-refractivity contribution in [3.8, 4) is 0 Å². The fraction of sp³-hybridized carbons (Fsp3) is 0.667. The molecule has 0 spiro atoms. The van der Waals surface area contributed by atoms with E-state index in [9.17, 15) is 4.79 Å². The van der Waals surface area contributed by atoms with Crippen LogP contribution in [0.1, 0.15) is 54.4 Å². The number of carbonyl (C=O) groups excluding carboxylic acids is 1. The van der Waals surface area contributed by atoms with E-state index in [1.807, 2.05) is 13.8 Å². The molecule has 0 saturated carbocycles. The first-order valence-electron chi connectivity index (χ1n) is 6.19. The van der Waals surface area contributed by atoms with Crippen LogP contribution < -0.4 is 0 Å². The zero-order chi connectivity index (χ0) is 12.7. The Balaban J connectivity index is 4.36. The molecule has 0 aromatic carbocycles. The summed E-state index contributed by atoms with van der Waals surface area (Å²) in [6.07, 6.45) is 5.54. The smallest absolute Gasteiger partial charge is 0.178 e. The van der Waals surface area contributed by atoms with Crippen molar-refractivity contribution in [3.63, 3.8) is 0 Å². The van der Waals surface area contributed by atoms with E-state index in [0.717, 1.165) is 12.8 Å². The lowest BCUT2D eigenvalue weighted by molar-refractivity contribution is -0.110. The van der Waals surface area contributed by atoms with Crippen LogP contribution in [0.3, 0.4) is 0 Å². The molecule has 0 atom stereocenters. The van der Waals surface area contributed by atoms with Gasteiger partial charge in [-0.25, -0.2) is 0 Å². The molecule has 0 aromatic rings. The van der Waals surface area contributed by atoms with Crippen molar-refractivity contribution in [2.24, 2.45) is 11.8 Å². The summed E-state index contributed by atoms with van der Waals surface area (Å²) in [4.78, 5) is 11.7. The van der Waals surface area contributed by atoms with Crippen molar-refractivity contribution in [1.82, 2.24) is 0 Å². The second-order valence-corrected chi connectivity index (χ2v) is 5.58. The van der Waals surface area contributed by atoms with E-state index in [4.69, 9.17) is 0 Å². The predicted molar refractivity (Wildman–Crippen MR) is 71.4 cm³/mol. The van der Waals surface area contributed by atoms with Gasteiger partial charge in [0.05, 0.1) is 0 Å². The van der Waals surface area contributed by atoms with Gasteiger partial charge in [0.25, 0.3) is 0 Å². The Bertz CT molecular complexity index is 252. The molecule has 92 valence electrons. The van der Waals surface area contributed by atoms with Gasteiger partial charge in [-0.3, -0.25) is 4.79 Å². The van der Waals surface area contributed by atoms with Gasteiger partial charge in [0.15, 0.2) is 5.78 Å². The van der Waals surface area contributed by atoms with Crippen molar-refractivity contribution in [2.45, 2.75) is 54.4 Å². The third kappa shape index (κ3) is 8.46. The Kier molecular flexibility index (Phi) is 7.03. The van der Waals surface area contributed by atoms with Crippen LogP contribution >= 0.6 is 0 Å². The van der Waals surface area contributed by atoms with E-state index in [1.54, 1.807) is 12.2 Å². The van der Waals surface area contributed by atoms with Crippen molar-refractivity contribution >= 4 is 5.78 Å². The summed E-state index contributed by atoms with van der Waals surface area (Å²) >= 11 is 0. The van der Waals surface area contributed by atoms with Crippen LogP contribution in [0.4, 0.5) is 0 Å². The minimum absolute atomic E-state index is 0.135. The first-order chi connectivity index (χ1) is 7.31. The van der Waals surface area contributed by atoms with Crippen molar-refractivity contribution in [3.05, 3.63) is 23.3 Å². The maximum absolute atomic E-state index is 11.7. The largest absolute Gasteiger partial charge is 0.290 e. The molecule has 16 heavy (non-hydrogen) atoms. The Labute approximate surface area is 101 Å². The fourth-order valence-corrected chi connectivity index (χ4v) is 1.93. The fourth-order valence-electron chi connectivity index (χ4n) is 1.93. The number of rotatable bonds is 6. The lowest BCUT2D eigenvalue weighted by Gasteiger charge is -2.05. The van der Waals surface area contributed by atoms with Crippen LogP contribution in [-0.4, -0.2) is 5.78 Å². The molecule has 0 aliphatic carbocycles. The molecule has 0 fully saturated rings. The first kappa shape index (κ1) is 15.2. The van der Waals surface area contributed by atoms with Crippen LogP contribution in [0.5, 0.6) is 0 Å². The van der Waals surface area contributed by atoms with Crippen molar-refractivity contribution in [1.29, 1.82) is 0 Å². The molecule has 0 aromatic heterocycles. The lowest BCUT2D eigenvalue weighted by Crippen LogP contribution is -1.96. The molecule has 0 N–H and O–H groups in total. The topological polar surface area (TPSA) is 17.1 Å². The molecule has 1 heteroatoms. The minimum Gasteiger partial charge on any atom is -0.290 e. The molecule has 0 unspecified atom stereocenters. The van der Waals surface area contributed by atoms with Gasteiger partial charge in [-0.05, 0) is 50.7 Å². The van der Waals surface area contributed by atoms with Gasteiger partial charge in [-0.15, -0.1) is 0 Å². The zero-order valence-electron chi connectivity index (χ0n) is 11.6. The minimum atomic E-state index is 0.135. The lowest BCUT2D eigenvalue weighted by atomic mass is 10.0. The molecular weight excluding hydrogens is 196 g/mol. The number of carbonyl (C=O) groups is 1. The van der Waals surface area contributed by atoms with E-state index >= 15 is 0 Å². The summed E-state index contributed by atoms with van der Waals surface area (Å²) in [6.45, 7) is 12.7. The molecule has 1 nitrogen and oxygen atoms in total. The monoisotopic (exact) mass is 222 g/mol. The van der Waals surface area contributed by atoms with Crippen LogP contribution in [-0.2, 0) is 4.79 Å². The van der Waals surface area contributed by atoms with E-state index in [0.29, 0.717) is 11.8 Å². The summed E-state index contributed by atoms with van der Waals surface area (Å²) in [5.74, 6) is 1.37. The molecule has 0 aliphatic heterocycles. The quantitative estimate of drug-likeness (QED) is 0.603. The molecule has 0 radical (unpaired) electrons. The molecule has 0 rings (SSSR count). The normalized spacial score (nSPS) is 13.8. The number of ketones is 1. The van der Waals surface area contributed by atoms with Gasteiger partial charge < -0.3 is 0 Å². The van der Waals surface area contributed by atoms with Gasteiger partial charge >= 0.3 is 0 Å². The Hall–Kier alpha value is -0.850. The Morgan fingerprint density at radius 3 is 1.44 bits per heavy atom. The highest BCUT2D eigenvalue weighted by Gasteiger charge is 2.01. The summed E-state index contributed by atoms with van der Waals surface area (Å²) in [5.41, 5.74) is 2.35. The van der Waals surface area contributed by atoms with Crippen LogP contribution in [0.15, 0.2) is 23.3 Å². The van der Waals surface area contributed by atoms with Gasteiger partial charge in [0.1, 0.15) is 0 Å². The van der Waals surface area contributed by atoms with E-state index < -0.39 is 0 Å². The number of hydrogen-bond acceptors (Lipinski definition) is 1. The van der Waals surface area contributed by atoms with E-state index in [1.165, 1.54) is 11.1 Å². The predicted octanol–water partition coefficient (Wildman–Crippen LogP) is 4.54. The highest BCUT2D eigenvalue weighted by atomic mass is 16.1. The second-order valence-electron chi connectivity index (χ2n) is 5.58. The molecule has 0 saturated heterocycles. The maximum Gasteiger partial charge on any atom is 0.178 e. The molecule has 0 heterocycles. The second kappa shape index (κ2) is 7.43.